The third kappa shape index (κ3) is 4.39. The van der Waals surface area contributed by atoms with E-state index in [0.29, 0.717) is 0 Å². The number of fused-ring (bicyclic) bond motifs is 20. The van der Waals surface area contributed by atoms with E-state index in [2.05, 4.69) is 223 Å². The van der Waals surface area contributed by atoms with Gasteiger partial charge in [0, 0.05) is 27.0 Å². The topological polar surface area (TPSA) is 23.4 Å². The van der Waals surface area contributed by atoms with Crippen molar-refractivity contribution in [1.82, 2.24) is 4.57 Å². The van der Waals surface area contributed by atoms with Gasteiger partial charge in [0.15, 0.2) is 0 Å². The van der Waals surface area contributed by atoms with Crippen LogP contribution in [-0.4, -0.2) is 11.3 Å². The zero-order valence-corrected chi connectivity index (χ0v) is 36.1. The maximum atomic E-state index is 6.86. The Bertz CT molecular complexity index is 4030. The van der Waals surface area contributed by atoms with Gasteiger partial charge >= 0.3 is 0 Å². The third-order valence-corrected chi connectivity index (χ3v) is 15.5. The maximum absolute atomic E-state index is 6.86. The minimum atomic E-state index is -0.427. The van der Waals surface area contributed by atoms with Crippen LogP contribution in [-0.2, 0) is 5.41 Å². The second-order valence-corrected chi connectivity index (χ2v) is 18.5. The van der Waals surface area contributed by atoms with Crippen LogP contribution in [0.5, 0.6) is 23.0 Å². The Balaban J connectivity index is 0.987. The van der Waals surface area contributed by atoms with Gasteiger partial charge in [-0.1, -0.05) is 182 Å². The van der Waals surface area contributed by atoms with E-state index in [1.165, 1.54) is 93.5 Å². The van der Waals surface area contributed by atoms with Crippen molar-refractivity contribution in [3.63, 3.8) is 0 Å². The SMILES string of the molecule is c1ccc2c(c1)Oc1cc(-c3c4ccccc4c(-n4c5ccccc5c5c6c(ccc54)C4(c5ccccc5-c5ccccc54)c4ccccc4-6)c4ccccc34)cc3c1B2c1ccccc1O3. The zero-order valence-electron chi connectivity index (χ0n) is 36.1. The van der Waals surface area contributed by atoms with E-state index in [1.54, 1.807) is 0 Å². The summed E-state index contributed by atoms with van der Waals surface area (Å²) in [6, 6.07) is 80.5. The molecule has 3 nitrogen and oxygen atoms in total. The molecule has 16 rings (SSSR count). The Kier molecular flexibility index (Phi) is 6.83. The molecule has 1 aromatic heterocycles. The molecule has 1 spiro atoms. The molecule has 0 N–H and O–H groups in total. The number of nitrogens with zero attached hydrogens (tertiary/aromatic N) is 1. The molecule has 0 amide bonds. The van der Waals surface area contributed by atoms with Crippen LogP contribution in [0.2, 0.25) is 0 Å². The summed E-state index contributed by atoms with van der Waals surface area (Å²) in [5.74, 6) is 3.45. The molecule has 4 heteroatoms. The quantitative estimate of drug-likeness (QED) is 0.128. The summed E-state index contributed by atoms with van der Waals surface area (Å²) in [6.45, 7) is 0.0153. The number of para-hydroxylation sites is 3. The number of ether oxygens (including phenoxy) is 2. The fraction of sp³-hybridized carbons (Fsp3) is 0.0159. The van der Waals surface area contributed by atoms with Gasteiger partial charge in [0.2, 0.25) is 0 Å². The van der Waals surface area contributed by atoms with Crippen LogP contribution >= 0.6 is 0 Å². The Morgan fingerprint density at radius 1 is 0.358 bits per heavy atom. The van der Waals surface area contributed by atoms with Gasteiger partial charge < -0.3 is 14.0 Å². The number of rotatable bonds is 2. The van der Waals surface area contributed by atoms with Gasteiger partial charge in [-0.25, -0.2) is 0 Å². The molecule has 2 aliphatic carbocycles. The molecule has 0 atom stereocenters. The Labute approximate surface area is 386 Å². The molecule has 0 saturated heterocycles. The van der Waals surface area contributed by atoms with Crippen molar-refractivity contribution < 1.29 is 9.47 Å². The van der Waals surface area contributed by atoms with Crippen LogP contribution in [0.3, 0.4) is 0 Å². The predicted octanol–water partition coefficient (Wildman–Crippen LogP) is 13.8. The van der Waals surface area contributed by atoms with Crippen molar-refractivity contribution >= 4 is 66.5 Å². The first kappa shape index (κ1) is 35.7. The first-order valence-electron chi connectivity index (χ1n) is 23.3. The van der Waals surface area contributed by atoms with Crippen LogP contribution in [0.4, 0.5) is 0 Å². The van der Waals surface area contributed by atoms with Crippen molar-refractivity contribution in [2.24, 2.45) is 0 Å². The summed E-state index contributed by atoms with van der Waals surface area (Å²) in [5, 5.41) is 7.23. The molecule has 4 aliphatic rings. The normalized spacial score (nSPS) is 14.0. The van der Waals surface area contributed by atoms with Crippen molar-refractivity contribution in [2.45, 2.75) is 5.41 Å². The standard InChI is InChI=1S/C63H36BNO2/c1-3-21-42-40(19-1)58(37-35-56-61-57(36-37)67-55-32-16-13-29-51(55)64(61)50-28-12-15-31-54(50)66-56)41-20-2-4-22-43(41)62(42)65-52-30-14-8-24-45(52)60-53(65)34-33-49-59(60)44-23-7-11-27-48(44)63(49)46-25-9-5-17-38(46)39-18-6-10-26-47(39)63/h1-36H. The molecular weight excluding hydrogens is 814 g/mol. The lowest BCUT2D eigenvalue weighted by Gasteiger charge is -2.33. The molecule has 11 aromatic carbocycles. The van der Waals surface area contributed by atoms with E-state index in [9.17, 15) is 0 Å². The Morgan fingerprint density at radius 2 is 0.836 bits per heavy atom. The van der Waals surface area contributed by atoms with E-state index in [-0.39, 0.29) is 6.71 Å². The molecule has 67 heavy (non-hydrogen) atoms. The molecule has 0 fully saturated rings. The minimum absolute atomic E-state index is 0.0153. The molecule has 0 bridgehead atoms. The largest absolute Gasteiger partial charge is 0.458 e. The third-order valence-electron chi connectivity index (χ3n) is 15.5. The lowest BCUT2D eigenvalue weighted by Crippen LogP contribution is -2.57. The number of hydrogen-bond acceptors (Lipinski definition) is 2. The van der Waals surface area contributed by atoms with Crippen LogP contribution < -0.4 is 25.9 Å². The number of benzene rings is 11. The van der Waals surface area contributed by atoms with Crippen LogP contribution in [0.15, 0.2) is 218 Å². The summed E-state index contributed by atoms with van der Waals surface area (Å²) in [4.78, 5) is 0. The van der Waals surface area contributed by atoms with E-state index in [4.69, 9.17) is 9.47 Å². The molecule has 0 unspecified atom stereocenters. The van der Waals surface area contributed by atoms with E-state index in [0.717, 1.165) is 50.5 Å². The van der Waals surface area contributed by atoms with Gasteiger partial charge in [-0.2, -0.15) is 0 Å². The highest BCUT2D eigenvalue weighted by Gasteiger charge is 2.52. The van der Waals surface area contributed by atoms with Crippen LogP contribution in [0, 0.1) is 0 Å². The monoisotopic (exact) mass is 849 g/mol. The zero-order chi connectivity index (χ0) is 43.5. The average Bonchev–Trinajstić information content (AvgIpc) is 3.99. The highest BCUT2D eigenvalue weighted by molar-refractivity contribution is 6.98. The first-order chi connectivity index (χ1) is 33.3. The molecular formula is C63H36BNO2. The molecule has 2 aliphatic heterocycles. The molecule has 12 aromatic rings. The number of aromatic nitrogens is 1. The van der Waals surface area contributed by atoms with E-state index >= 15 is 0 Å². The van der Waals surface area contributed by atoms with Gasteiger partial charge in [-0.05, 0) is 114 Å². The second-order valence-electron chi connectivity index (χ2n) is 18.5. The molecule has 3 heterocycles. The highest BCUT2D eigenvalue weighted by Crippen LogP contribution is 2.64. The second kappa shape index (κ2) is 12.8. The molecule has 0 radical (unpaired) electrons. The Morgan fingerprint density at radius 3 is 1.45 bits per heavy atom. The van der Waals surface area contributed by atoms with Gasteiger partial charge in [-0.15, -0.1) is 0 Å². The minimum Gasteiger partial charge on any atom is -0.458 e. The van der Waals surface area contributed by atoms with Crippen molar-refractivity contribution in [2.75, 3.05) is 0 Å². The maximum Gasteiger partial charge on any atom is 0.260 e. The van der Waals surface area contributed by atoms with Crippen molar-refractivity contribution in [3.05, 3.63) is 241 Å². The smallest absolute Gasteiger partial charge is 0.260 e. The van der Waals surface area contributed by atoms with Crippen molar-refractivity contribution in [3.8, 4) is 62.1 Å². The van der Waals surface area contributed by atoms with Crippen molar-refractivity contribution in [1.29, 1.82) is 0 Å². The van der Waals surface area contributed by atoms with Gasteiger partial charge in [0.05, 0.1) is 22.1 Å². The van der Waals surface area contributed by atoms with Crippen LogP contribution in [0.1, 0.15) is 22.3 Å². The molecule has 308 valence electrons. The fourth-order valence-electron chi connectivity index (χ4n) is 13.1. The predicted molar refractivity (Wildman–Crippen MR) is 275 cm³/mol. The van der Waals surface area contributed by atoms with Crippen LogP contribution in [0.25, 0.3) is 82.4 Å². The summed E-state index contributed by atoms with van der Waals surface area (Å²) in [5.41, 5.74) is 19.4. The summed E-state index contributed by atoms with van der Waals surface area (Å²) >= 11 is 0. The lowest BCUT2D eigenvalue weighted by atomic mass is 9.35. The van der Waals surface area contributed by atoms with E-state index in [1.807, 2.05) is 0 Å². The Hall–Kier alpha value is -8.60. The van der Waals surface area contributed by atoms with Gasteiger partial charge in [-0.3, -0.25) is 0 Å². The van der Waals surface area contributed by atoms with Gasteiger partial charge in [0.1, 0.15) is 23.0 Å². The summed E-state index contributed by atoms with van der Waals surface area (Å²) < 4.78 is 16.3. The average molecular weight is 850 g/mol. The highest BCUT2D eigenvalue weighted by atomic mass is 16.5. The summed E-state index contributed by atoms with van der Waals surface area (Å²) in [7, 11) is 0. The molecule has 0 saturated carbocycles. The van der Waals surface area contributed by atoms with E-state index < -0.39 is 5.41 Å². The number of hydrogen-bond donors (Lipinski definition) is 0. The summed E-state index contributed by atoms with van der Waals surface area (Å²) in [6.07, 6.45) is 0. The first-order valence-corrected chi connectivity index (χ1v) is 23.3. The van der Waals surface area contributed by atoms with Gasteiger partial charge in [0.25, 0.3) is 6.71 Å². The fourth-order valence-corrected chi connectivity index (χ4v) is 13.1. The lowest BCUT2D eigenvalue weighted by molar-refractivity contribution is 0.465.